The quantitative estimate of drug-likeness (QED) is 0.168. The van der Waals surface area contributed by atoms with Gasteiger partial charge in [-0.1, -0.05) is 140 Å². The Bertz CT molecular complexity index is 3510. The standard InChI is InChI=1S/C54H35N3/c1-3-16-36(17-4-1)37-18-13-22-40(32-37)56-50-30-12-9-26-45(50)54-42(27-15-31-51(54)56)38-19-14-23-41(33-38)57-49-29-11-8-25-44(49)47-34-52-46(35-53(47)57)43-24-7-10-28-48(43)55(52)39-20-5-2-6-21-39/h1-35H. The molecular formula is C54H35N3. The van der Waals surface area contributed by atoms with E-state index in [4.69, 9.17) is 0 Å². The minimum Gasteiger partial charge on any atom is -0.309 e. The Morgan fingerprint density at radius 3 is 1.30 bits per heavy atom. The highest BCUT2D eigenvalue weighted by molar-refractivity contribution is 6.19. The highest BCUT2D eigenvalue weighted by Crippen LogP contribution is 2.42. The first kappa shape index (κ1) is 31.7. The number of nitrogens with zero attached hydrogens (tertiary/aromatic N) is 3. The molecule has 0 fully saturated rings. The third kappa shape index (κ3) is 4.79. The first-order valence-electron chi connectivity index (χ1n) is 19.6. The van der Waals surface area contributed by atoms with Crippen LogP contribution in [0.1, 0.15) is 0 Å². The average molecular weight is 726 g/mol. The predicted molar refractivity (Wildman–Crippen MR) is 240 cm³/mol. The van der Waals surface area contributed by atoms with Crippen molar-refractivity contribution in [3.8, 4) is 39.3 Å². The van der Waals surface area contributed by atoms with Gasteiger partial charge in [-0.15, -0.1) is 0 Å². The summed E-state index contributed by atoms with van der Waals surface area (Å²) in [5.74, 6) is 0. The van der Waals surface area contributed by atoms with Crippen molar-refractivity contribution in [1.82, 2.24) is 13.7 Å². The number of para-hydroxylation sites is 4. The van der Waals surface area contributed by atoms with Crippen LogP contribution in [-0.4, -0.2) is 13.7 Å². The molecule has 57 heavy (non-hydrogen) atoms. The molecule has 12 aromatic rings. The predicted octanol–water partition coefficient (Wildman–Crippen LogP) is 14.3. The van der Waals surface area contributed by atoms with Gasteiger partial charge in [-0.2, -0.15) is 0 Å². The smallest absolute Gasteiger partial charge is 0.0548 e. The van der Waals surface area contributed by atoms with Gasteiger partial charge in [-0.3, -0.25) is 0 Å². The monoisotopic (exact) mass is 725 g/mol. The van der Waals surface area contributed by atoms with Gasteiger partial charge in [0, 0.05) is 49.4 Å². The molecule has 0 saturated carbocycles. The van der Waals surface area contributed by atoms with Gasteiger partial charge in [0.25, 0.3) is 0 Å². The molecule has 0 spiro atoms. The molecular weight excluding hydrogens is 691 g/mol. The highest BCUT2D eigenvalue weighted by atomic mass is 15.0. The van der Waals surface area contributed by atoms with Crippen LogP contribution in [0.25, 0.3) is 105 Å². The zero-order valence-electron chi connectivity index (χ0n) is 31.0. The zero-order chi connectivity index (χ0) is 37.5. The highest BCUT2D eigenvalue weighted by Gasteiger charge is 2.20. The van der Waals surface area contributed by atoms with Gasteiger partial charge in [0.1, 0.15) is 0 Å². The van der Waals surface area contributed by atoms with Crippen LogP contribution in [-0.2, 0) is 0 Å². The summed E-state index contributed by atoms with van der Waals surface area (Å²) in [5, 5.41) is 7.48. The number of hydrogen-bond donors (Lipinski definition) is 0. The van der Waals surface area contributed by atoms with Crippen LogP contribution in [0, 0.1) is 0 Å². The molecule has 0 saturated heterocycles. The number of aromatic nitrogens is 3. The molecule has 0 bridgehead atoms. The van der Waals surface area contributed by atoms with E-state index in [1.807, 2.05) is 0 Å². The Labute approximate surface area is 329 Å². The third-order valence-electron chi connectivity index (χ3n) is 11.8. The summed E-state index contributed by atoms with van der Waals surface area (Å²) < 4.78 is 7.29. The summed E-state index contributed by atoms with van der Waals surface area (Å²) >= 11 is 0. The summed E-state index contributed by atoms with van der Waals surface area (Å²) in [5.41, 5.74) is 15.5. The van der Waals surface area contributed by atoms with Crippen molar-refractivity contribution in [2.45, 2.75) is 0 Å². The van der Waals surface area contributed by atoms with Gasteiger partial charge in [0.15, 0.2) is 0 Å². The molecule has 9 aromatic carbocycles. The third-order valence-corrected chi connectivity index (χ3v) is 11.8. The van der Waals surface area contributed by atoms with Gasteiger partial charge >= 0.3 is 0 Å². The van der Waals surface area contributed by atoms with Crippen molar-refractivity contribution in [3.63, 3.8) is 0 Å². The van der Waals surface area contributed by atoms with Crippen molar-refractivity contribution in [2.75, 3.05) is 0 Å². The summed E-state index contributed by atoms with van der Waals surface area (Å²) in [4.78, 5) is 0. The van der Waals surface area contributed by atoms with Crippen LogP contribution >= 0.6 is 0 Å². The van der Waals surface area contributed by atoms with E-state index in [1.165, 1.54) is 93.4 Å². The largest absolute Gasteiger partial charge is 0.309 e. The lowest BCUT2D eigenvalue weighted by atomic mass is 9.99. The molecule has 3 heteroatoms. The number of benzene rings is 9. The SMILES string of the molecule is c1ccc(-c2cccc(-n3c4ccccc4c4c(-c5cccc(-n6c7ccccc7c7cc8c(cc76)c6ccccc6n8-c6ccccc6)c5)cccc43)c2)cc1. The summed E-state index contributed by atoms with van der Waals surface area (Å²) in [6.45, 7) is 0. The van der Waals surface area contributed by atoms with Crippen molar-refractivity contribution in [1.29, 1.82) is 0 Å². The van der Waals surface area contributed by atoms with E-state index < -0.39 is 0 Å². The van der Waals surface area contributed by atoms with E-state index in [2.05, 4.69) is 226 Å². The van der Waals surface area contributed by atoms with Crippen LogP contribution in [0.3, 0.4) is 0 Å². The first-order chi connectivity index (χ1) is 28.3. The Morgan fingerprint density at radius 1 is 0.228 bits per heavy atom. The second kappa shape index (κ2) is 12.5. The molecule has 3 aromatic heterocycles. The van der Waals surface area contributed by atoms with E-state index >= 15 is 0 Å². The van der Waals surface area contributed by atoms with E-state index in [-0.39, 0.29) is 0 Å². The Balaban J connectivity index is 1.08. The van der Waals surface area contributed by atoms with E-state index in [9.17, 15) is 0 Å². The molecule has 0 radical (unpaired) electrons. The van der Waals surface area contributed by atoms with Crippen molar-refractivity contribution < 1.29 is 0 Å². The number of hydrogen-bond acceptors (Lipinski definition) is 0. The van der Waals surface area contributed by atoms with Crippen LogP contribution in [0.15, 0.2) is 212 Å². The summed E-state index contributed by atoms with van der Waals surface area (Å²) in [6.07, 6.45) is 0. The molecule has 0 aliphatic carbocycles. The van der Waals surface area contributed by atoms with E-state index in [1.54, 1.807) is 0 Å². The van der Waals surface area contributed by atoms with E-state index in [0.717, 1.165) is 11.4 Å². The van der Waals surface area contributed by atoms with Crippen molar-refractivity contribution in [2.24, 2.45) is 0 Å². The van der Waals surface area contributed by atoms with Gasteiger partial charge in [-0.05, 0) is 95.1 Å². The van der Waals surface area contributed by atoms with Crippen molar-refractivity contribution in [3.05, 3.63) is 212 Å². The zero-order valence-corrected chi connectivity index (χ0v) is 31.0. The molecule has 12 rings (SSSR count). The van der Waals surface area contributed by atoms with Crippen LogP contribution in [0.4, 0.5) is 0 Å². The molecule has 266 valence electrons. The van der Waals surface area contributed by atoms with Gasteiger partial charge < -0.3 is 13.7 Å². The lowest BCUT2D eigenvalue weighted by Crippen LogP contribution is -1.95. The Morgan fingerprint density at radius 2 is 0.649 bits per heavy atom. The molecule has 0 amide bonds. The van der Waals surface area contributed by atoms with Crippen molar-refractivity contribution >= 4 is 65.4 Å². The van der Waals surface area contributed by atoms with Crippen LogP contribution in [0.2, 0.25) is 0 Å². The maximum Gasteiger partial charge on any atom is 0.0548 e. The Kier molecular flexibility index (Phi) is 6.93. The maximum absolute atomic E-state index is 2.46. The van der Waals surface area contributed by atoms with E-state index in [0.29, 0.717) is 0 Å². The molecule has 0 aliphatic heterocycles. The second-order valence-corrected chi connectivity index (χ2v) is 14.9. The molecule has 0 unspecified atom stereocenters. The first-order valence-corrected chi connectivity index (χ1v) is 19.6. The molecule has 3 heterocycles. The van der Waals surface area contributed by atoms with Gasteiger partial charge in [-0.25, -0.2) is 0 Å². The number of rotatable bonds is 5. The lowest BCUT2D eigenvalue weighted by Gasteiger charge is -2.12. The second-order valence-electron chi connectivity index (χ2n) is 14.9. The Hall–Kier alpha value is -7.62. The number of fused-ring (bicyclic) bond motifs is 9. The molecule has 0 aliphatic rings. The fourth-order valence-electron chi connectivity index (χ4n) is 9.37. The topological polar surface area (TPSA) is 14.8 Å². The fraction of sp³-hybridized carbons (Fsp3) is 0. The summed E-state index contributed by atoms with van der Waals surface area (Å²) in [7, 11) is 0. The minimum atomic E-state index is 1.14. The lowest BCUT2D eigenvalue weighted by molar-refractivity contribution is 1.17. The molecule has 0 N–H and O–H groups in total. The van der Waals surface area contributed by atoms with Gasteiger partial charge in [0.2, 0.25) is 0 Å². The van der Waals surface area contributed by atoms with Gasteiger partial charge in [0.05, 0.1) is 33.1 Å². The van der Waals surface area contributed by atoms with Crippen LogP contribution in [0.5, 0.6) is 0 Å². The normalized spacial score (nSPS) is 11.9. The molecule has 3 nitrogen and oxygen atoms in total. The molecule has 0 atom stereocenters. The maximum atomic E-state index is 2.46. The minimum absolute atomic E-state index is 1.14. The van der Waals surface area contributed by atoms with Crippen LogP contribution < -0.4 is 0 Å². The summed E-state index contributed by atoms with van der Waals surface area (Å²) in [6, 6.07) is 77.4. The average Bonchev–Trinajstić information content (AvgIpc) is 3.91. The fourth-order valence-corrected chi connectivity index (χ4v) is 9.37.